The molecule has 0 unspecified atom stereocenters. The van der Waals surface area contributed by atoms with Crippen LogP contribution in [0.4, 0.5) is 8.78 Å². The van der Waals surface area contributed by atoms with Gasteiger partial charge >= 0.3 is 0 Å². The Morgan fingerprint density at radius 2 is 1.91 bits per heavy atom. The lowest BCUT2D eigenvalue weighted by Crippen LogP contribution is -2.39. The van der Waals surface area contributed by atoms with Gasteiger partial charge in [0.15, 0.2) is 5.96 Å². The maximum Gasteiger partial charge on any atom is 0.191 e. The van der Waals surface area contributed by atoms with Gasteiger partial charge in [0.05, 0.1) is 6.26 Å². The number of hydrogen-bond donors (Lipinski definition) is 2. The van der Waals surface area contributed by atoms with Crippen LogP contribution in [0, 0.1) is 11.6 Å². The number of benzene rings is 1. The number of aliphatic imine (C=N–C) groups is 1. The number of furan rings is 1. The van der Waals surface area contributed by atoms with Gasteiger partial charge < -0.3 is 15.1 Å². The van der Waals surface area contributed by atoms with Crippen LogP contribution in [-0.4, -0.2) is 26.1 Å². The minimum Gasteiger partial charge on any atom is -0.469 e. The molecule has 1 aromatic heterocycles. The largest absolute Gasteiger partial charge is 0.469 e. The first-order valence-corrected chi connectivity index (χ1v) is 7.10. The van der Waals surface area contributed by atoms with Crippen LogP contribution in [0.15, 0.2) is 46.0 Å². The van der Waals surface area contributed by atoms with Crippen molar-refractivity contribution in [1.29, 1.82) is 0 Å². The third-order valence-corrected chi connectivity index (χ3v) is 3.16. The summed E-state index contributed by atoms with van der Waals surface area (Å²) in [4.78, 5) is 4.07. The van der Waals surface area contributed by atoms with Crippen LogP contribution in [-0.2, 0) is 12.8 Å². The second-order valence-corrected chi connectivity index (χ2v) is 4.74. The maximum atomic E-state index is 13.5. The molecule has 0 spiro atoms. The number of halogens is 2. The molecule has 118 valence electrons. The van der Waals surface area contributed by atoms with Crippen LogP contribution in [0.25, 0.3) is 0 Å². The Hall–Kier alpha value is -2.37. The van der Waals surface area contributed by atoms with Gasteiger partial charge in [-0.15, -0.1) is 0 Å². The first-order valence-electron chi connectivity index (χ1n) is 7.10. The lowest BCUT2D eigenvalue weighted by Gasteiger charge is -2.11. The molecule has 0 atom stereocenters. The van der Waals surface area contributed by atoms with E-state index in [1.807, 2.05) is 12.1 Å². The molecule has 22 heavy (non-hydrogen) atoms. The highest BCUT2D eigenvalue weighted by molar-refractivity contribution is 5.79. The van der Waals surface area contributed by atoms with E-state index in [4.69, 9.17) is 4.42 Å². The minimum atomic E-state index is -0.433. The van der Waals surface area contributed by atoms with Crippen LogP contribution in [0.1, 0.15) is 11.3 Å². The average molecular weight is 307 g/mol. The van der Waals surface area contributed by atoms with Crippen LogP contribution in [0.3, 0.4) is 0 Å². The fourth-order valence-corrected chi connectivity index (χ4v) is 2.03. The number of nitrogens with one attached hydrogen (secondary N) is 2. The van der Waals surface area contributed by atoms with E-state index >= 15 is 0 Å². The molecule has 1 heterocycles. The molecular formula is C16H19F2N3O. The first-order chi connectivity index (χ1) is 10.7. The van der Waals surface area contributed by atoms with Crippen LogP contribution >= 0.6 is 0 Å². The second-order valence-electron chi connectivity index (χ2n) is 4.74. The zero-order valence-electron chi connectivity index (χ0n) is 12.4. The standard InChI is InChI=1S/C16H19F2N3O/c1-19-16(21-9-7-14-3-2-10-22-14)20-8-6-12-11-13(17)4-5-15(12)18/h2-5,10-11H,6-9H2,1H3,(H2,19,20,21). The summed E-state index contributed by atoms with van der Waals surface area (Å²) in [5.74, 6) is 0.675. The molecule has 0 fully saturated rings. The van der Waals surface area contributed by atoms with Crippen molar-refractivity contribution >= 4 is 5.96 Å². The fraction of sp³-hybridized carbons (Fsp3) is 0.312. The second kappa shape index (κ2) is 8.17. The van der Waals surface area contributed by atoms with Gasteiger partial charge in [0.1, 0.15) is 17.4 Å². The van der Waals surface area contributed by atoms with Crippen molar-refractivity contribution < 1.29 is 13.2 Å². The Morgan fingerprint density at radius 1 is 1.14 bits per heavy atom. The lowest BCUT2D eigenvalue weighted by molar-refractivity contribution is 0.507. The van der Waals surface area contributed by atoms with E-state index in [0.29, 0.717) is 31.0 Å². The van der Waals surface area contributed by atoms with Gasteiger partial charge in [-0.3, -0.25) is 4.99 Å². The Morgan fingerprint density at radius 3 is 2.59 bits per heavy atom. The molecule has 0 saturated heterocycles. The number of rotatable bonds is 6. The Balaban J connectivity index is 1.73. The van der Waals surface area contributed by atoms with E-state index in [0.717, 1.165) is 24.3 Å². The monoisotopic (exact) mass is 307 g/mol. The van der Waals surface area contributed by atoms with Crippen molar-refractivity contribution in [2.45, 2.75) is 12.8 Å². The molecule has 2 rings (SSSR count). The van der Waals surface area contributed by atoms with Crippen molar-refractivity contribution in [3.63, 3.8) is 0 Å². The van der Waals surface area contributed by atoms with E-state index in [1.54, 1.807) is 13.3 Å². The molecule has 0 saturated carbocycles. The third kappa shape index (κ3) is 4.87. The average Bonchev–Trinajstić information content (AvgIpc) is 3.02. The first kappa shape index (κ1) is 16.0. The lowest BCUT2D eigenvalue weighted by atomic mass is 10.1. The molecule has 0 aliphatic rings. The quantitative estimate of drug-likeness (QED) is 0.637. The zero-order chi connectivity index (χ0) is 15.8. The molecule has 0 aliphatic heterocycles. The van der Waals surface area contributed by atoms with Gasteiger partial charge in [-0.05, 0) is 42.3 Å². The molecule has 0 aliphatic carbocycles. The van der Waals surface area contributed by atoms with Gasteiger partial charge in [-0.25, -0.2) is 8.78 Å². The number of hydrogen-bond acceptors (Lipinski definition) is 2. The van der Waals surface area contributed by atoms with E-state index in [1.165, 1.54) is 6.07 Å². The van der Waals surface area contributed by atoms with Gasteiger partial charge in [0.25, 0.3) is 0 Å². The smallest absolute Gasteiger partial charge is 0.191 e. The number of guanidine groups is 1. The van der Waals surface area contributed by atoms with E-state index in [-0.39, 0.29) is 0 Å². The summed E-state index contributed by atoms with van der Waals surface area (Å²) in [6, 6.07) is 7.22. The predicted octanol–water partition coefficient (Wildman–Crippen LogP) is 2.51. The molecular weight excluding hydrogens is 288 g/mol. The summed E-state index contributed by atoms with van der Waals surface area (Å²) in [7, 11) is 1.66. The van der Waals surface area contributed by atoms with E-state index < -0.39 is 11.6 Å². The molecule has 2 aromatic rings. The highest BCUT2D eigenvalue weighted by Gasteiger charge is 2.04. The van der Waals surface area contributed by atoms with E-state index in [2.05, 4.69) is 15.6 Å². The summed E-state index contributed by atoms with van der Waals surface area (Å²) < 4.78 is 31.8. The Kier molecular flexibility index (Phi) is 5.94. The zero-order valence-corrected chi connectivity index (χ0v) is 12.4. The number of nitrogens with zero attached hydrogens (tertiary/aromatic N) is 1. The van der Waals surface area contributed by atoms with Crippen molar-refractivity contribution in [2.24, 2.45) is 4.99 Å². The summed E-state index contributed by atoms with van der Waals surface area (Å²) in [5.41, 5.74) is 0.346. The van der Waals surface area contributed by atoms with Gasteiger partial charge in [-0.1, -0.05) is 0 Å². The van der Waals surface area contributed by atoms with Gasteiger partial charge in [0.2, 0.25) is 0 Å². The normalized spacial score (nSPS) is 11.5. The van der Waals surface area contributed by atoms with Crippen LogP contribution < -0.4 is 10.6 Å². The molecule has 6 heteroatoms. The maximum absolute atomic E-state index is 13.5. The molecule has 2 N–H and O–H groups in total. The summed E-state index contributed by atoms with van der Waals surface area (Å²) in [5, 5.41) is 6.19. The fourth-order valence-electron chi connectivity index (χ4n) is 2.03. The highest BCUT2D eigenvalue weighted by Crippen LogP contribution is 2.09. The van der Waals surface area contributed by atoms with Crippen LogP contribution in [0.5, 0.6) is 0 Å². The van der Waals surface area contributed by atoms with Gasteiger partial charge in [-0.2, -0.15) is 0 Å². The summed E-state index contributed by atoms with van der Waals surface area (Å²) >= 11 is 0. The summed E-state index contributed by atoms with van der Waals surface area (Å²) in [6.45, 7) is 1.13. The Bertz CT molecular complexity index is 612. The van der Waals surface area contributed by atoms with Crippen molar-refractivity contribution in [3.05, 3.63) is 59.6 Å². The Labute approximate surface area is 128 Å². The highest BCUT2D eigenvalue weighted by atomic mass is 19.1. The molecule has 0 amide bonds. The van der Waals surface area contributed by atoms with Crippen molar-refractivity contribution in [1.82, 2.24) is 10.6 Å². The molecule has 0 bridgehead atoms. The predicted molar refractivity (Wildman–Crippen MR) is 81.8 cm³/mol. The molecule has 1 aromatic carbocycles. The summed E-state index contributed by atoms with van der Waals surface area (Å²) in [6.07, 6.45) is 2.75. The topological polar surface area (TPSA) is 49.6 Å². The molecule has 4 nitrogen and oxygen atoms in total. The van der Waals surface area contributed by atoms with Gasteiger partial charge in [0, 0.05) is 26.6 Å². The SMILES string of the molecule is CN=C(NCCc1ccco1)NCCc1cc(F)ccc1F. The van der Waals surface area contributed by atoms with E-state index in [9.17, 15) is 8.78 Å². The minimum absolute atomic E-state index is 0.346. The molecule has 0 radical (unpaired) electrons. The van der Waals surface area contributed by atoms with Crippen LogP contribution in [0.2, 0.25) is 0 Å². The van der Waals surface area contributed by atoms with Crippen molar-refractivity contribution in [2.75, 3.05) is 20.1 Å². The third-order valence-electron chi connectivity index (χ3n) is 3.16. The van der Waals surface area contributed by atoms with Crippen molar-refractivity contribution in [3.8, 4) is 0 Å².